The molecule has 2 saturated heterocycles. The summed E-state index contributed by atoms with van der Waals surface area (Å²) in [5.41, 5.74) is 1.48. The molecule has 10 nitrogen and oxygen atoms in total. The summed E-state index contributed by atoms with van der Waals surface area (Å²) in [6.07, 6.45) is 4.63. The van der Waals surface area contributed by atoms with Gasteiger partial charge >= 0.3 is 0 Å². The van der Waals surface area contributed by atoms with E-state index >= 15 is 0 Å². The van der Waals surface area contributed by atoms with Gasteiger partial charge in [0.2, 0.25) is 0 Å². The van der Waals surface area contributed by atoms with E-state index in [0.717, 1.165) is 37.1 Å². The van der Waals surface area contributed by atoms with Gasteiger partial charge in [-0.05, 0) is 39.5 Å². The highest BCUT2D eigenvalue weighted by Crippen LogP contribution is 2.34. The number of aromatic amines is 2. The Labute approximate surface area is 174 Å². The van der Waals surface area contributed by atoms with Crippen molar-refractivity contribution in [1.82, 2.24) is 29.7 Å². The maximum absolute atomic E-state index is 12.3. The predicted molar refractivity (Wildman–Crippen MR) is 107 cm³/mol. The number of amides is 2. The van der Waals surface area contributed by atoms with Gasteiger partial charge in [0.25, 0.3) is 11.8 Å². The first-order chi connectivity index (χ1) is 14.4. The lowest BCUT2D eigenvalue weighted by Gasteiger charge is -2.24. The summed E-state index contributed by atoms with van der Waals surface area (Å²) in [7, 11) is 0. The number of carbonyl (C=O) groups is 2. The van der Waals surface area contributed by atoms with E-state index in [-0.39, 0.29) is 23.9 Å². The molecule has 4 atom stereocenters. The van der Waals surface area contributed by atoms with Crippen molar-refractivity contribution < 1.29 is 19.8 Å². The van der Waals surface area contributed by atoms with Crippen LogP contribution >= 0.6 is 0 Å². The number of hydrogen-bond donors (Lipinski definition) is 4. The molecule has 2 aromatic heterocycles. The summed E-state index contributed by atoms with van der Waals surface area (Å²) >= 11 is 0. The molecule has 0 unspecified atom stereocenters. The smallest absolute Gasteiger partial charge is 0.251 e. The molecule has 2 aromatic rings. The first kappa shape index (κ1) is 20.5. The first-order valence-electron chi connectivity index (χ1n) is 10.4. The number of rotatable bonds is 5. The molecule has 0 aromatic carbocycles. The van der Waals surface area contributed by atoms with E-state index in [1.54, 1.807) is 22.2 Å². The Hall–Kier alpha value is -2.72. The molecule has 162 valence electrons. The molecular weight excluding hydrogens is 388 g/mol. The van der Waals surface area contributed by atoms with Crippen molar-refractivity contribution in [2.24, 2.45) is 0 Å². The van der Waals surface area contributed by atoms with Crippen molar-refractivity contribution >= 4 is 11.8 Å². The van der Waals surface area contributed by atoms with Crippen LogP contribution in [0, 0.1) is 0 Å². The number of aliphatic hydroxyl groups is 2. The number of imidazole rings is 2. The first-order valence-corrected chi connectivity index (χ1v) is 10.4. The van der Waals surface area contributed by atoms with E-state index in [4.69, 9.17) is 0 Å². The molecule has 2 amide bonds. The highest BCUT2D eigenvalue weighted by atomic mass is 16.3. The van der Waals surface area contributed by atoms with E-state index in [9.17, 15) is 19.8 Å². The Morgan fingerprint density at radius 3 is 1.67 bits per heavy atom. The zero-order valence-corrected chi connectivity index (χ0v) is 17.2. The second kappa shape index (κ2) is 8.19. The van der Waals surface area contributed by atoms with Crippen molar-refractivity contribution in [3.8, 4) is 11.4 Å². The largest absolute Gasteiger partial charge is 0.384 e. The van der Waals surface area contributed by atoms with Crippen molar-refractivity contribution in [3.63, 3.8) is 0 Å². The summed E-state index contributed by atoms with van der Waals surface area (Å²) in [6.45, 7) is 4.17. The minimum atomic E-state index is -1.03. The third kappa shape index (κ3) is 3.72. The number of nitrogens with one attached hydrogen (secondary N) is 2. The molecule has 4 heterocycles. The lowest BCUT2D eigenvalue weighted by atomic mass is 10.2. The van der Waals surface area contributed by atoms with Crippen LogP contribution in [0.5, 0.6) is 0 Å². The Morgan fingerprint density at radius 2 is 1.30 bits per heavy atom. The van der Waals surface area contributed by atoms with Gasteiger partial charge < -0.3 is 30.0 Å². The van der Waals surface area contributed by atoms with Gasteiger partial charge in [0.05, 0.1) is 35.9 Å². The van der Waals surface area contributed by atoms with Crippen LogP contribution in [0.1, 0.15) is 63.3 Å². The summed E-state index contributed by atoms with van der Waals surface area (Å²) in [5.74, 6) is 0.783. The molecule has 4 rings (SSSR count). The Kier molecular flexibility index (Phi) is 5.61. The van der Waals surface area contributed by atoms with E-state index in [2.05, 4.69) is 19.9 Å². The van der Waals surface area contributed by atoms with Gasteiger partial charge in [-0.2, -0.15) is 0 Å². The van der Waals surface area contributed by atoms with Crippen LogP contribution in [0.4, 0.5) is 0 Å². The molecule has 30 heavy (non-hydrogen) atoms. The topological polar surface area (TPSA) is 138 Å². The molecule has 0 saturated carbocycles. The van der Waals surface area contributed by atoms with Gasteiger partial charge in [-0.1, -0.05) is 0 Å². The molecular formula is C20H28N6O4. The molecule has 2 aliphatic rings. The number of hydrogen-bond acceptors (Lipinski definition) is 6. The van der Waals surface area contributed by atoms with Gasteiger partial charge in [0, 0.05) is 13.1 Å². The van der Waals surface area contributed by atoms with Gasteiger partial charge in [-0.25, -0.2) is 9.97 Å². The van der Waals surface area contributed by atoms with Gasteiger partial charge in [-0.15, -0.1) is 0 Å². The van der Waals surface area contributed by atoms with Crippen LogP contribution in [0.25, 0.3) is 11.4 Å². The fraction of sp³-hybridized carbons (Fsp3) is 0.600. The summed E-state index contributed by atoms with van der Waals surface area (Å²) in [4.78, 5) is 43.3. The fourth-order valence-corrected chi connectivity index (χ4v) is 4.40. The van der Waals surface area contributed by atoms with Crippen molar-refractivity contribution in [2.45, 2.75) is 63.8 Å². The number of H-pyrrole nitrogens is 2. The SMILES string of the molecule is C[C@H](O)C(=O)N1CCC[C@H]1c1ncc(-c2cnc([C@@H]3CCCN3C(=O)[C@H](C)O)[nH]2)[nH]1. The van der Waals surface area contributed by atoms with Crippen molar-refractivity contribution in [3.05, 3.63) is 24.0 Å². The van der Waals surface area contributed by atoms with Crippen molar-refractivity contribution in [2.75, 3.05) is 13.1 Å². The second-order valence-electron chi connectivity index (χ2n) is 8.10. The number of nitrogens with zero attached hydrogens (tertiary/aromatic N) is 4. The fourth-order valence-electron chi connectivity index (χ4n) is 4.40. The normalized spacial score (nSPS) is 23.7. The van der Waals surface area contributed by atoms with E-state index < -0.39 is 12.2 Å². The average molecular weight is 416 g/mol. The van der Waals surface area contributed by atoms with Crippen LogP contribution in [0.3, 0.4) is 0 Å². The second-order valence-corrected chi connectivity index (χ2v) is 8.10. The van der Waals surface area contributed by atoms with Gasteiger partial charge in [0.15, 0.2) is 0 Å². The summed E-state index contributed by atoms with van der Waals surface area (Å²) in [6, 6.07) is -0.366. The van der Waals surface area contributed by atoms with Crippen molar-refractivity contribution in [1.29, 1.82) is 0 Å². The molecule has 4 N–H and O–H groups in total. The maximum atomic E-state index is 12.3. The van der Waals surface area contributed by atoms with Gasteiger partial charge in [-0.3, -0.25) is 9.59 Å². The number of likely N-dealkylation sites (tertiary alicyclic amines) is 2. The Bertz CT molecular complexity index is 846. The third-order valence-electron chi connectivity index (χ3n) is 5.90. The zero-order valence-electron chi connectivity index (χ0n) is 17.2. The standard InChI is InChI=1S/C20H28N6O4/c1-11(27)19(29)25-7-3-5-15(25)17-21-9-13(23-17)14-10-22-18(24-14)16-6-4-8-26(16)20(30)12(2)28/h9-12,15-16,27-28H,3-8H2,1-2H3,(H,21,23)(H,22,24)/t11-,12-,15-,16-/m0/s1. The molecule has 0 aliphatic carbocycles. The van der Waals surface area contributed by atoms with Crippen LogP contribution in [0.2, 0.25) is 0 Å². The molecule has 10 heteroatoms. The third-order valence-corrected chi connectivity index (χ3v) is 5.90. The highest BCUT2D eigenvalue weighted by Gasteiger charge is 2.35. The number of carbonyl (C=O) groups excluding carboxylic acids is 2. The summed E-state index contributed by atoms with van der Waals surface area (Å²) in [5, 5.41) is 19.3. The van der Waals surface area contributed by atoms with E-state index in [1.807, 2.05) is 0 Å². The summed E-state index contributed by atoms with van der Waals surface area (Å²) < 4.78 is 0. The van der Waals surface area contributed by atoms with Crippen LogP contribution < -0.4 is 0 Å². The lowest BCUT2D eigenvalue weighted by Crippen LogP contribution is -2.37. The van der Waals surface area contributed by atoms with Crippen LogP contribution in [-0.2, 0) is 9.59 Å². The minimum Gasteiger partial charge on any atom is -0.384 e. The quantitative estimate of drug-likeness (QED) is 0.571. The van der Waals surface area contributed by atoms with Crippen LogP contribution in [-0.4, -0.2) is 77.1 Å². The van der Waals surface area contributed by atoms with Crippen LogP contribution in [0.15, 0.2) is 12.4 Å². The minimum absolute atomic E-state index is 0.183. The highest BCUT2D eigenvalue weighted by molar-refractivity contribution is 5.81. The zero-order chi connectivity index (χ0) is 21.4. The number of aliphatic hydroxyl groups excluding tert-OH is 2. The molecule has 2 fully saturated rings. The monoisotopic (exact) mass is 416 g/mol. The van der Waals surface area contributed by atoms with E-state index in [0.29, 0.717) is 24.7 Å². The molecule has 0 radical (unpaired) electrons. The average Bonchev–Trinajstić information content (AvgIpc) is 3.51. The predicted octanol–water partition coefficient (Wildman–Crippen LogP) is 0.888. The molecule has 0 bridgehead atoms. The Balaban J connectivity index is 1.52. The molecule has 0 spiro atoms. The maximum Gasteiger partial charge on any atom is 0.251 e. The number of aromatic nitrogens is 4. The molecule has 2 aliphatic heterocycles. The van der Waals surface area contributed by atoms with Gasteiger partial charge in [0.1, 0.15) is 23.9 Å². The Morgan fingerprint density at radius 1 is 0.900 bits per heavy atom. The van der Waals surface area contributed by atoms with E-state index in [1.165, 1.54) is 13.8 Å². The lowest BCUT2D eigenvalue weighted by molar-refractivity contribution is -0.140.